The molecule has 5 heteroatoms. The van der Waals surface area contributed by atoms with Crippen molar-refractivity contribution in [1.82, 2.24) is 10.3 Å². The number of nitrogens with one attached hydrogen (secondary N) is 2. The van der Waals surface area contributed by atoms with Crippen molar-refractivity contribution in [1.29, 1.82) is 0 Å². The van der Waals surface area contributed by atoms with Crippen LogP contribution in [0.1, 0.15) is 27.0 Å². The van der Waals surface area contributed by atoms with Gasteiger partial charge >= 0.3 is 0 Å². The van der Waals surface area contributed by atoms with Crippen LogP contribution in [0.4, 0.5) is 0 Å². The van der Waals surface area contributed by atoms with Gasteiger partial charge in [0.2, 0.25) is 0 Å². The van der Waals surface area contributed by atoms with Gasteiger partial charge in [-0.3, -0.25) is 9.59 Å². The number of rotatable bonds is 3. The third kappa shape index (κ3) is 3.05. The molecule has 2 N–H and O–H groups in total. The maximum absolute atomic E-state index is 12.3. The first kappa shape index (κ1) is 16.3. The van der Waals surface area contributed by atoms with Crippen molar-refractivity contribution < 1.29 is 4.79 Å². The molecule has 0 fully saturated rings. The maximum Gasteiger partial charge on any atom is 0.253 e. The first-order chi connectivity index (χ1) is 11.5. The van der Waals surface area contributed by atoms with E-state index in [1.807, 2.05) is 32.0 Å². The number of fused-ring (bicyclic) bond motifs is 1. The Kier molecular flexibility index (Phi) is 4.40. The Hall–Kier alpha value is -2.59. The summed E-state index contributed by atoms with van der Waals surface area (Å²) in [4.78, 5) is 27.4. The summed E-state index contributed by atoms with van der Waals surface area (Å²) in [5, 5.41) is 4.07. The zero-order valence-electron chi connectivity index (χ0n) is 13.4. The molecule has 1 amide bonds. The fraction of sp³-hybridized carbons (Fsp3) is 0.158. The van der Waals surface area contributed by atoms with Gasteiger partial charge < -0.3 is 10.3 Å². The molecule has 0 aliphatic heterocycles. The molecule has 0 aliphatic carbocycles. The van der Waals surface area contributed by atoms with Gasteiger partial charge in [0.05, 0.1) is 16.1 Å². The summed E-state index contributed by atoms with van der Waals surface area (Å²) in [6, 6.07) is 12.6. The van der Waals surface area contributed by atoms with E-state index in [0.29, 0.717) is 16.1 Å². The van der Waals surface area contributed by atoms with Crippen LogP contribution in [0, 0.1) is 13.8 Å². The van der Waals surface area contributed by atoms with E-state index in [2.05, 4.69) is 10.3 Å². The number of pyridine rings is 1. The number of aromatic nitrogens is 1. The summed E-state index contributed by atoms with van der Waals surface area (Å²) in [6.07, 6.45) is 0. The van der Waals surface area contributed by atoms with Crippen molar-refractivity contribution in [3.63, 3.8) is 0 Å². The molecule has 0 aliphatic rings. The molecule has 0 spiro atoms. The van der Waals surface area contributed by atoms with Crippen LogP contribution < -0.4 is 10.9 Å². The molecular weight excluding hydrogens is 324 g/mol. The second-order valence-electron chi connectivity index (χ2n) is 5.76. The summed E-state index contributed by atoms with van der Waals surface area (Å²) in [5.41, 5.74) is 3.71. The minimum Gasteiger partial charge on any atom is -0.348 e. The highest BCUT2D eigenvalue weighted by Gasteiger charge is 2.11. The van der Waals surface area contributed by atoms with E-state index in [0.717, 1.165) is 22.0 Å². The molecule has 1 aromatic heterocycles. The van der Waals surface area contributed by atoms with Crippen molar-refractivity contribution >= 4 is 28.4 Å². The van der Waals surface area contributed by atoms with Gasteiger partial charge in [0, 0.05) is 12.1 Å². The zero-order valence-corrected chi connectivity index (χ0v) is 14.2. The highest BCUT2D eigenvalue weighted by atomic mass is 35.5. The number of carbonyl (C=O) groups is 1. The Morgan fingerprint density at radius 1 is 1.17 bits per heavy atom. The lowest BCUT2D eigenvalue weighted by Crippen LogP contribution is -2.27. The van der Waals surface area contributed by atoms with E-state index in [1.165, 1.54) is 0 Å². The minimum absolute atomic E-state index is 0.141. The van der Waals surface area contributed by atoms with Crippen molar-refractivity contribution in [2.45, 2.75) is 20.4 Å². The van der Waals surface area contributed by atoms with E-state index in [9.17, 15) is 9.59 Å². The summed E-state index contributed by atoms with van der Waals surface area (Å²) in [5.74, 6) is -0.305. The predicted molar refractivity (Wildman–Crippen MR) is 96.7 cm³/mol. The SMILES string of the molecule is Cc1ccc2cc(CNC(=O)c3ccccc3Cl)c(=O)[nH]c2c1C. The highest BCUT2D eigenvalue weighted by Crippen LogP contribution is 2.19. The molecule has 0 saturated carbocycles. The molecule has 0 unspecified atom stereocenters. The van der Waals surface area contributed by atoms with Gasteiger partial charge in [0.25, 0.3) is 11.5 Å². The molecular formula is C19H17ClN2O2. The summed E-state index contributed by atoms with van der Waals surface area (Å²) in [6.45, 7) is 4.12. The molecule has 2 aromatic carbocycles. The molecule has 3 aromatic rings. The average molecular weight is 341 g/mol. The van der Waals surface area contributed by atoms with E-state index < -0.39 is 0 Å². The summed E-state index contributed by atoms with van der Waals surface area (Å²) >= 11 is 6.01. The van der Waals surface area contributed by atoms with Crippen LogP contribution in [0.2, 0.25) is 5.02 Å². The molecule has 4 nitrogen and oxygen atoms in total. The van der Waals surface area contributed by atoms with Crippen LogP contribution in [-0.2, 0) is 6.54 Å². The number of hydrogen-bond acceptors (Lipinski definition) is 2. The zero-order chi connectivity index (χ0) is 17.3. The number of hydrogen-bond donors (Lipinski definition) is 2. The van der Waals surface area contributed by atoms with Crippen LogP contribution in [0.15, 0.2) is 47.3 Å². The Labute approximate surface area is 144 Å². The Morgan fingerprint density at radius 3 is 2.67 bits per heavy atom. The lowest BCUT2D eigenvalue weighted by Gasteiger charge is -2.09. The third-order valence-electron chi connectivity index (χ3n) is 4.19. The number of H-pyrrole nitrogens is 1. The Morgan fingerprint density at radius 2 is 1.92 bits per heavy atom. The number of carbonyl (C=O) groups excluding carboxylic acids is 1. The molecule has 0 atom stereocenters. The van der Waals surface area contributed by atoms with Crippen molar-refractivity contribution in [2.75, 3.05) is 0 Å². The summed E-state index contributed by atoms with van der Waals surface area (Å²) < 4.78 is 0. The van der Waals surface area contributed by atoms with Crippen LogP contribution in [0.5, 0.6) is 0 Å². The standard InChI is InChI=1S/C19H17ClN2O2/c1-11-7-8-13-9-14(18(23)22-17(13)12(11)2)10-21-19(24)15-5-3-4-6-16(15)20/h3-9H,10H2,1-2H3,(H,21,24)(H,22,23). The lowest BCUT2D eigenvalue weighted by molar-refractivity contribution is 0.0951. The lowest BCUT2D eigenvalue weighted by atomic mass is 10.0. The number of amides is 1. The molecule has 0 saturated heterocycles. The molecule has 24 heavy (non-hydrogen) atoms. The fourth-order valence-electron chi connectivity index (χ4n) is 2.62. The number of benzene rings is 2. The van der Waals surface area contributed by atoms with Crippen molar-refractivity contribution in [2.24, 2.45) is 0 Å². The maximum atomic E-state index is 12.3. The largest absolute Gasteiger partial charge is 0.348 e. The quantitative estimate of drug-likeness (QED) is 0.763. The van der Waals surface area contributed by atoms with E-state index >= 15 is 0 Å². The predicted octanol–water partition coefficient (Wildman–Crippen LogP) is 3.73. The van der Waals surface area contributed by atoms with Gasteiger partial charge in [0.1, 0.15) is 0 Å². The number of halogens is 1. The molecule has 122 valence electrons. The van der Waals surface area contributed by atoms with Gasteiger partial charge in [-0.25, -0.2) is 0 Å². The third-order valence-corrected chi connectivity index (χ3v) is 4.52. The van der Waals surface area contributed by atoms with Gasteiger partial charge in [0.15, 0.2) is 0 Å². The second kappa shape index (κ2) is 6.49. The highest BCUT2D eigenvalue weighted by molar-refractivity contribution is 6.33. The topological polar surface area (TPSA) is 62.0 Å². The first-order valence-corrected chi connectivity index (χ1v) is 8.00. The smallest absolute Gasteiger partial charge is 0.253 e. The van der Waals surface area contributed by atoms with Crippen LogP contribution >= 0.6 is 11.6 Å². The second-order valence-corrected chi connectivity index (χ2v) is 6.17. The van der Waals surface area contributed by atoms with Gasteiger partial charge in [-0.1, -0.05) is 35.9 Å². The van der Waals surface area contributed by atoms with Crippen LogP contribution in [0.3, 0.4) is 0 Å². The van der Waals surface area contributed by atoms with E-state index in [-0.39, 0.29) is 18.0 Å². The summed E-state index contributed by atoms with van der Waals surface area (Å²) in [7, 11) is 0. The fourth-order valence-corrected chi connectivity index (χ4v) is 2.84. The van der Waals surface area contributed by atoms with E-state index in [4.69, 9.17) is 11.6 Å². The molecule has 3 rings (SSSR count). The van der Waals surface area contributed by atoms with Gasteiger partial charge in [-0.15, -0.1) is 0 Å². The molecule has 0 bridgehead atoms. The van der Waals surface area contributed by atoms with Gasteiger partial charge in [-0.05, 0) is 48.6 Å². The molecule has 0 radical (unpaired) electrons. The average Bonchev–Trinajstić information content (AvgIpc) is 2.57. The normalized spacial score (nSPS) is 10.8. The Balaban J connectivity index is 1.87. The van der Waals surface area contributed by atoms with E-state index in [1.54, 1.807) is 24.3 Å². The minimum atomic E-state index is -0.305. The number of aryl methyl sites for hydroxylation is 2. The first-order valence-electron chi connectivity index (χ1n) is 7.62. The number of aromatic amines is 1. The molecule has 1 heterocycles. The van der Waals surface area contributed by atoms with Crippen LogP contribution in [0.25, 0.3) is 10.9 Å². The van der Waals surface area contributed by atoms with Gasteiger partial charge in [-0.2, -0.15) is 0 Å². The Bertz CT molecular complexity index is 992. The van der Waals surface area contributed by atoms with Crippen molar-refractivity contribution in [3.8, 4) is 0 Å². The van der Waals surface area contributed by atoms with Crippen LogP contribution in [-0.4, -0.2) is 10.9 Å². The monoisotopic (exact) mass is 340 g/mol. The van der Waals surface area contributed by atoms with Crippen molar-refractivity contribution in [3.05, 3.63) is 80.1 Å².